The van der Waals surface area contributed by atoms with Gasteiger partial charge in [-0.05, 0) is 26.8 Å². The number of hydrogen-bond acceptors (Lipinski definition) is 7. The Labute approximate surface area is 152 Å². The molecule has 0 bridgehead atoms. The zero-order valence-electron chi connectivity index (χ0n) is 15.6. The number of anilines is 1. The number of nitro benzene ring substituents is 1. The molecule has 26 heavy (non-hydrogen) atoms. The first kappa shape index (κ1) is 19.8. The molecule has 1 aromatic carbocycles. The van der Waals surface area contributed by atoms with E-state index >= 15 is 0 Å². The summed E-state index contributed by atoms with van der Waals surface area (Å²) < 4.78 is 15.8. The van der Waals surface area contributed by atoms with Crippen molar-refractivity contribution in [1.29, 1.82) is 0 Å². The third kappa shape index (κ3) is 5.22. The van der Waals surface area contributed by atoms with Crippen LogP contribution < -0.4 is 9.64 Å². The van der Waals surface area contributed by atoms with Crippen molar-refractivity contribution >= 4 is 17.5 Å². The SMILES string of the molecule is COCOc1cc([N+](=O)[O-])ccc1N1CCN(C(=O)OC(C)(C)C)CC1. The molecule has 2 rings (SSSR count). The van der Waals surface area contributed by atoms with E-state index in [1.807, 2.05) is 25.7 Å². The number of benzene rings is 1. The first-order valence-corrected chi connectivity index (χ1v) is 8.34. The van der Waals surface area contributed by atoms with Crippen LogP contribution in [0.4, 0.5) is 16.2 Å². The number of ether oxygens (including phenoxy) is 3. The molecule has 1 aliphatic rings. The third-order valence-corrected chi connectivity index (χ3v) is 3.76. The van der Waals surface area contributed by atoms with E-state index in [0.29, 0.717) is 31.9 Å². The van der Waals surface area contributed by atoms with Crippen molar-refractivity contribution in [2.24, 2.45) is 0 Å². The van der Waals surface area contributed by atoms with Gasteiger partial charge in [0.1, 0.15) is 5.60 Å². The van der Waals surface area contributed by atoms with Gasteiger partial charge < -0.3 is 24.0 Å². The average Bonchev–Trinajstić information content (AvgIpc) is 2.58. The van der Waals surface area contributed by atoms with Gasteiger partial charge in [0.2, 0.25) is 0 Å². The van der Waals surface area contributed by atoms with Crippen LogP contribution in [0.25, 0.3) is 0 Å². The van der Waals surface area contributed by atoms with Gasteiger partial charge in [-0.25, -0.2) is 4.79 Å². The molecule has 9 heteroatoms. The Kier molecular flexibility index (Phi) is 6.25. The molecule has 1 aromatic rings. The molecule has 0 radical (unpaired) electrons. The summed E-state index contributed by atoms with van der Waals surface area (Å²) in [5.41, 5.74) is 0.150. The number of rotatable bonds is 5. The molecule has 1 fully saturated rings. The molecule has 1 heterocycles. The second-order valence-corrected chi connectivity index (χ2v) is 6.91. The van der Waals surface area contributed by atoms with Crippen molar-refractivity contribution in [2.45, 2.75) is 26.4 Å². The average molecular weight is 367 g/mol. The van der Waals surface area contributed by atoms with Crippen LogP contribution in [0, 0.1) is 10.1 Å². The van der Waals surface area contributed by atoms with Crippen molar-refractivity contribution in [3.05, 3.63) is 28.3 Å². The summed E-state index contributed by atoms with van der Waals surface area (Å²) in [6.07, 6.45) is -0.336. The maximum Gasteiger partial charge on any atom is 0.410 e. The molecular formula is C17H25N3O6. The van der Waals surface area contributed by atoms with Gasteiger partial charge in [-0.15, -0.1) is 0 Å². The molecule has 0 spiro atoms. The van der Waals surface area contributed by atoms with Crippen molar-refractivity contribution in [3.8, 4) is 5.75 Å². The van der Waals surface area contributed by atoms with E-state index in [9.17, 15) is 14.9 Å². The molecular weight excluding hydrogens is 342 g/mol. The minimum atomic E-state index is -0.534. The minimum Gasteiger partial charge on any atom is -0.465 e. The van der Waals surface area contributed by atoms with Crippen LogP contribution in [-0.2, 0) is 9.47 Å². The maximum atomic E-state index is 12.2. The summed E-state index contributed by atoms with van der Waals surface area (Å²) in [7, 11) is 1.48. The topological polar surface area (TPSA) is 94.4 Å². The minimum absolute atomic E-state index is 0.00790. The van der Waals surface area contributed by atoms with Gasteiger partial charge in [0.05, 0.1) is 16.7 Å². The Balaban J connectivity index is 2.08. The highest BCUT2D eigenvalue weighted by atomic mass is 16.7. The second-order valence-electron chi connectivity index (χ2n) is 6.91. The first-order valence-electron chi connectivity index (χ1n) is 8.34. The van der Waals surface area contributed by atoms with Crippen LogP contribution >= 0.6 is 0 Å². The van der Waals surface area contributed by atoms with Gasteiger partial charge in [-0.1, -0.05) is 0 Å². The lowest BCUT2D eigenvalue weighted by Crippen LogP contribution is -2.50. The highest BCUT2D eigenvalue weighted by Crippen LogP contribution is 2.33. The number of amides is 1. The lowest BCUT2D eigenvalue weighted by Gasteiger charge is -2.37. The van der Waals surface area contributed by atoms with E-state index in [1.165, 1.54) is 19.2 Å². The summed E-state index contributed by atoms with van der Waals surface area (Å²) in [6.45, 7) is 7.62. The summed E-state index contributed by atoms with van der Waals surface area (Å²) >= 11 is 0. The Hall–Kier alpha value is -2.55. The predicted molar refractivity (Wildman–Crippen MR) is 95.6 cm³/mol. The molecule has 1 aliphatic heterocycles. The van der Waals surface area contributed by atoms with E-state index < -0.39 is 10.5 Å². The number of hydrogen-bond donors (Lipinski definition) is 0. The molecule has 0 aromatic heterocycles. The highest BCUT2D eigenvalue weighted by molar-refractivity contribution is 5.69. The van der Waals surface area contributed by atoms with E-state index in [0.717, 1.165) is 5.69 Å². The molecule has 1 saturated heterocycles. The fourth-order valence-corrected chi connectivity index (χ4v) is 2.57. The lowest BCUT2D eigenvalue weighted by atomic mass is 10.2. The van der Waals surface area contributed by atoms with Gasteiger partial charge in [0, 0.05) is 39.4 Å². The number of piperazine rings is 1. The Morgan fingerprint density at radius 2 is 1.88 bits per heavy atom. The van der Waals surface area contributed by atoms with Crippen molar-refractivity contribution in [2.75, 3.05) is 45.0 Å². The smallest absolute Gasteiger partial charge is 0.410 e. The van der Waals surface area contributed by atoms with Crippen LogP contribution in [-0.4, -0.2) is 61.6 Å². The monoisotopic (exact) mass is 367 g/mol. The number of non-ortho nitro benzene ring substituents is 1. The Morgan fingerprint density at radius 1 is 1.23 bits per heavy atom. The molecule has 9 nitrogen and oxygen atoms in total. The number of methoxy groups -OCH3 is 1. The number of carbonyl (C=O) groups is 1. The fraction of sp³-hybridized carbons (Fsp3) is 0.588. The fourth-order valence-electron chi connectivity index (χ4n) is 2.57. The number of nitrogens with zero attached hydrogens (tertiary/aromatic N) is 3. The third-order valence-electron chi connectivity index (χ3n) is 3.76. The molecule has 0 saturated carbocycles. The van der Waals surface area contributed by atoms with E-state index in [1.54, 1.807) is 11.0 Å². The molecule has 0 unspecified atom stereocenters. The molecule has 0 atom stereocenters. The predicted octanol–water partition coefficient (Wildman–Crippen LogP) is 2.63. The van der Waals surface area contributed by atoms with E-state index in [2.05, 4.69) is 0 Å². The lowest BCUT2D eigenvalue weighted by molar-refractivity contribution is -0.384. The molecule has 144 valence electrons. The Bertz CT molecular complexity index is 650. The van der Waals surface area contributed by atoms with Crippen molar-refractivity contribution in [3.63, 3.8) is 0 Å². The summed E-state index contributed by atoms with van der Waals surface area (Å²) in [6, 6.07) is 4.48. The maximum absolute atomic E-state index is 12.2. The van der Waals surface area contributed by atoms with Crippen molar-refractivity contribution in [1.82, 2.24) is 4.90 Å². The van der Waals surface area contributed by atoms with Gasteiger partial charge in [-0.3, -0.25) is 10.1 Å². The number of carbonyl (C=O) groups excluding carboxylic acids is 1. The summed E-state index contributed by atoms with van der Waals surface area (Å²) in [5.74, 6) is 0.381. The van der Waals surface area contributed by atoms with Crippen molar-refractivity contribution < 1.29 is 23.9 Å². The summed E-state index contributed by atoms with van der Waals surface area (Å²) in [5, 5.41) is 11.0. The van der Waals surface area contributed by atoms with Gasteiger partial charge in [0.25, 0.3) is 5.69 Å². The zero-order valence-corrected chi connectivity index (χ0v) is 15.6. The van der Waals surface area contributed by atoms with E-state index in [-0.39, 0.29) is 18.6 Å². The highest BCUT2D eigenvalue weighted by Gasteiger charge is 2.27. The van der Waals surface area contributed by atoms with Crippen LogP contribution in [0.15, 0.2) is 18.2 Å². The standard InChI is InChI=1S/C17H25N3O6/c1-17(2,3)26-16(21)19-9-7-18(8-10-19)14-6-5-13(20(22)23)11-15(14)25-12-24-4/h5-6,11H,7-10,12H2,1-4H3. The van der Waals surface area contributed by atoms with E-state index in [4.69, 9.17) is 14.2 Å². The molecule has 0 N–H and O–H groups in total. The van der Waals surface area contributed by atoms with Crippen LogP contribution in [0.3, 0.4) is 0 Å². The van der Waals surface area contributed by atoms with Crippen LogP contribution in [0.1, 0.15) is 20.8 Å². The second kappa shape index (κ2) is 8.22. The summed E-state index contributed by atoms with van der Waals surface area (Å²) in [4.78, 5) is 26.4. The van der Waals surface area contributed by atoms with Crippen LogP contribution in [0.2, 0.25) is 0 Å². The number of nitro groups is 1. The first-order chi connectivity index (χ1) is 12.2. The normalized spacial score (nSPS) is 14.9. The quantitative estimate of drug-likeness (QED) is 0.448. The molecule has 0 aliphatic carbocycles. The molecule has 1 amide bonds. The van der Waals surface area contributed by atoms with Crippen LogP contribution in [0.5, 0.6) is 5.75 Å². The van der Waals surface area contributed by atoms with Gasteiger partial charge >= 0.3 is 6.09 Å². The zero-order chi connectivity index (χ0) is 19.3. The Morgan fingerprint density at radius 3 is 2.42 bits per heavy atom. The largest absolute Gasteiger partial charge is 0.465 e. The van der Waals surface area contributed by atoms with Gasteiger partial charge in [0.15, 0.2) is 12.5 Å². The van der Waals surface area contributed by atoms with Gasteiger partial charge in [-0.2, -0.15) is 0 Å².